The number of carbonyl (C=O) groups excluding carboxylic acids is 1. The number of carbonyl (C=O) groups is 1. The van der Waals surface area contributed by atoms with Gasteiger partial charge in [-0.3, -0.25) is 0 Å². The van der Waals surface area contributed by atoms with Crippen LogP contribution in [0.25, 0.3) is 0 Å². The molecule has 0 aliphatic carbocycles. The highest BCUT2D eigenvalue weighted by Gasteiger charge is 2.14. The fourth-order valence-electron chi connectivity index (χ4n) is 2.01. The molecule has 0 spiro atoms. The van der Waals surface area contributed by atoms with Crippen LogP contribution in [0.3, 0.4) is 0 Å². The second kappa shape index (κ2) is 6.93. The third kappa shape index (κ3) is 3.73. The Morgan fingerprint density at radius 3 is 2.85 bits per heavy atom. The number of nitrogens with zero attached hydrogens (tertiary/aromatic N) is 1. The quantitative estimate of drug-likeness (QED) is 0.779. The number of benzene rings is 1. The van der Waals surface area contributed by atoms with Crippen LogP contribution in [0.2, 0.25) is 0 Å². The molecule has 5 nitrogen and oxygen atoms in total. The van der Waals surface area contributed by atoms with E-state index in [1.165, 1.54) is 0 Å². The summed E-state index contributed by atoms with van der Waals surface area (Å²) >= 11 is 0. The largest absolute Gasteiger partial charge is 0.493 e. The van der Waals surface area contributed by atoms with Gasteiger partial charge in [-0.15, -0.1) is 0 Å². The van der Waals surface area contributed by atoms with Crippen molar-refractivity contribution in [1.29, 1.82) is 0 Å². The second-order valence-electron chi connectivity index (χ2n) is 4.70. The van der Waals surface area contributed by atoms with E-state index in [0.29, 0.717) is 19.6 Å². The predicted molar refractivity (Wildman–Crippen MR) is 77.9 cm³/mol. The minimum Gasteiger partial charge on any atom is -0.493 e. The molecular weight excluding hydrogens is 256 g/mol. The van der Waals surface area contributed by atoms with Crippen molar-refractivity contribution in [3.8, 4) is 11.5 Å². The maximum Gasteiger partial charge on any atom is 0.341 e. The molecule has 0 saturated heterocycles. The summed E-state index contributed by atoms with van der Waals surface area (Å²) in [6, 6.07) is 5.56. The molecule has 0 aromatic heterocycles. The van der Waals surface area contributed by atoms with Gasteiger partial charge >= 0.3 is 6.03 Å². The molecule has 1 N–H and O–H groups in total. The summed E-state index contributed by atoms with van der Waals surface area (Å²) in [6.45, 7) is 3.33. The van der Waals surface area contributed by atoms with Crippen LogP contribution < -0.4 is 14.8 Å². The van der Waals surface area contributed by atoms with Crippen LogP contribution in [-0.2, 0) is 6.42 Å². The van der Waals surface area contributed by atoms with Gasteiger partial charge < -0.3 is 14.8 Å². The molecule has 0 atom stereocenters. The number of methoxy groups -OCH3 is 1. The highest BCUT2D eigenvalue weighted by atomic mass is 16.5. The number of rotatable bonds is 7. The maximum atomic E-state index is 11.0. The summed E-state index contributed by atoms with van der Waals surface area (Å²) in [6.07, 6.45) is 2.75. The van der Waals surface area contributed by atoms with Gasteiger partial charge in [-0.05, 0) is 24.1 Å². The van der Waals surface area contributed by atoms with Crippen LogP contribution in [0.15, 0.2) is 23.2 Å². The molecule has 2 amide bonds. The van der Waals surface area contributed by atoms with Crippen LogP contribution in [0.5, 0.6) is 11.5 Å². The first-order chi connectivity index (χ1) is 9.72. The van der Waals surface area contributed by atoms with Gasteiger partial charge in [0.1, 0.15) is 0 Å². The highest BCUT2D eigenvalue weighted by molar-refractivity contribution is 6.03. The number of aliphatic imine (C=N–C) groups is 1. The summed E-state index contributed by atoms with van der Waals surface area (Å²) in [5, 5.41) is 2.67. The van der Waals surface area contributed by atoms with Gasteiger partial charge in [0.2, 0.25) is 0 Å². The van der Waals surface area contributed by atoms with E-state index in [1.807, 2.05) is 18.2 Å². The topological polar surface area (TPSA) is 59.9 Å². The summed E-state index contributed by atoms with van der Waals surface area (Å²) in [4.78, 5) is 15.0. The van der Waals surface area contributed by atoms with Crippen molar-refractivity contribution in [2.75, 3.05) is 20.3 Å². The normalized spacial score (nSPS) is 13.9. The summed E-state index contributed by atoms with van der Waals surface area (Å²) in [7, 11) is 1.63. The number of urea groups is 1. The van der Waals surface area contributed by atoms with E-state index < -0.39 is 0 Å². The molecule has 20 heavy (non-hydrogen) atoms. The number of hydrogen-bond donors (Lipinski definition) is 1. The Morgan fingerprint density at radius 2 is 2.20 bits per heavy atom. The first-order valence-electron chi connectivity index (χ1n) is 6.87. The van der Waals surface area contributed by atoms with Crippen molar-refractivity contribution in [2.24, 2.45) is 4.99 Å². The van der Waals surface area contributed by atoms with E-state index in [1.54, 1.807) is 7.11 Å². The zero-order valence-corrected chi connectivity index (χ0v) is 11.9. The van der Waals surface area contributed by atoms with Gasteiger partial charge in [-0.1, -0.05) is 19.4 Å². The SMILES string of the molecule is CCCCOc1cc(CC2=NC(=O)NC2)ccc1OC. The van der Waals surface area contributed by atoms with Gasteiger partial charge in [0.05, 0.1) is 20.3 Å². The average molecular weight is 276 g/mol. The molecular formula is C15H20N2O3. The smallest absolute Gasteiger partial charge is 0.341 e. The van der Waals surface area contributed by atoms with Gasteiger partial charge in [0.25, 0.3) is 0 Å². The summed E-state index contributed by atoms with van der Waals surface area (Å²) in [5.41, 5.74) is 1.91. The molecule has 0 fully saturated rings. The number of nitrogens with one attached hydrogen (secondary N) is 1. The minimum atomic E-state index is -0.257. The van der Waals surface area contributed by atoms with E-state index in [9.17, 15) is 4.79 Å². The summed E-state index contributed by atoms with van der Waals surface area (Å²) < 4.78 is 11.0. The molecule has 0 radical (unpaired) electrons. The van der Waals surface area contributed by atoms with Crippen LogP contribution in [0, 0.1) is 0 Å². The average Bonchev–Trinajstić information content (AvgIpc) is 2.85. The fraction of sp³-hybridized carbons (Fsp3) is 0.467. The van der Waals surface area contributed by atoms with Crippen molar-refractivity contribution in [3.05, 3.63) is 23.8 Å². The molecule has 0 unspecified atom stereocenters. The lowest BCUT2D eigenvalue weighted by molar-refractivity contribution is 0.252. The molecule has 1 heterocycles. The predicted octanol–water partition coefficient (Wildman–Crippen LogP) is 2.58. The highest BCUT2D eigenvalue weighted by Crippen LogP contribution is 2.28. The Morgan fingerprint density at radius 1 is 1.35 bits per heavy atom. The van der Waals surface area contributed by atoms with Crippen molar-refractivity contribution >= 4 is 11.7 Å². The van der Waals surface area contributed by atoms with Crippen LogP contribution in [0.4, 0.5) is 4.79 Å². The van der Waals surface area contributed by atoms with E-state index in [4.69, 9.17) is 9.47 Å². The van der Waals surface area contributed by atoms with Crippen LogP contribution >= 0.6 is 0 Å². The molecule has 2 rings (SSSR count). The van der Waals surface area contributed by atoms with Gasteiger partial charge in [-0.2, -0.15) is 0 Å². The Kier molecular flexibility index (Phi) is 4.98. The maximum absolute atomic E-state index is 11.0. The molecule has 108 valence electrons. The Hall–Kier alpha value is -2.04. The van der Waals surface area contributed by atoms with Crippen LogP contribution in [-0.4, -0.2) is 32.0 Å². The van der Waals surface area contributed by atoms with E-state index >= 15 is 0 Å². The standard InChI is InChI=1S/C15H20N2O3/c1-3-4-7-20-14-9-11(5-6-13(14)19-2)8-12-10-16-15(18)17-12/h5-6,9H,3-4,7-8,10H2,1-2H3,(H,16,18). The number of hydrogen-bond acceptors (Lipinski definition) is 3. The molecule has 1 aliphatic rings. The molecule has 1 aromatic rings. The lowest BCUT2D eigenvalue weighted by atomic mass is 10.1. The van der Waals surface area contributed by atoms with Crippen LogP contribution in [0.1, 0.15) is 25.3 Å². The zero-order valence-electron chi connectivity index (χ0n) is 11.9. The van der Waals surface area contributed by atoms with E-state index in [-0.39, 0.29) is 6.03 Å². The first kappa shape index (κ1) is 14.4. The minimum absolute atomic E-state index is 0.257. The lowest BCUT2D eigenvalue weighted by Crippen LogP contribution is -2.17. The Bertz CT molecular complexity index is 512. The molecule has 0 saturated carbocycles. The zero-order chi connectivity index (χ0) is 14.4. The Balaban J connectivity index is 2.08. The van der Waals surface area contributed by atoms with Gasteiger partial charge in [-0.25, -0.2) is 9.79 Å². The Labute approximate surface area is 119 Å². The lowest BCUT2D eigenvalue weighted by Gasteiger charge is -2.12. The molecule has 1 aliphatic heterocycles. The summed E-state index contributed by atoms with van der Waals surface area (Å²) in [5.74, 6) is 1.48. The third-order valence-electron chi connectivity index (χ3n) is 3.10. The van der Waals surface area contributed by atoms with Gasteiger partial charge in [0.15, 0.2) is 11.5 Å². The number of unbranched alkanes of at least 4 members (excludes halogenated alkanes) is 1. The van der Waals surface area contributed by atoms with Crippen molar-refractivity contribution in [3.63, 3.8) is 0 Å². The van der Waals surface area contributed by atoms with Crippen molar-refractivity contribution in [1.82, 2.24) is 5.32 Å². The van der Waals surface area contributed by atoms with Gasteiger partial charge in [0, 0.05) is 12.1 Å². The van der Waals surface area contributed by atoms with Crippen molar-refractivity contribution in [2.45, 2.75) is 26.2 Å². The van der Waals surface area contributed by atoms with E-state index in [0.717, 1.165) is 35.6 Å². The second-order valence-corrected chi connectivity index (χ2v) is 4.70. The molecule has 0 bridgehead atoms. The first-order valence-corrected chi connectivity index (χ1v) is 6.87. The number of amides is 2. The molecule has 1 aromatic carbocycles. The molecule has 5 heteroatoms. The monoisotopic (exact) mass is 276 g/mol. The van der Waals surface area contributed by atoms with E-state index in [2.05, 4.69) is 17.2 Å². The third-order valence-corrected chi connectivity index (χ3v) is 3.10. The number of ether oxygens (including phenoxy) is 2. The van der Waals surface area contributed by atoms with Crippen molar-refractivity contribution < 1.29 is 14.3 Å². The fourth-order valence-corrected chi connectivity index (χ4v) is 2.01.